The number of ether oxygens (including phenoxy) is 3. The number of thiophene rings is 1. The third kappa shape index (κ3) is 6.73. The van der Waals surface area contributed by atoms with Crippen molar-refractivity contribution >= 4 is 41.3 Å². The minimum absolute atomic E-state index is 0. The predicted molar refractivity (Wildman–Crippen MR) is 127 cm³/mol. The fraction of sp³-hybridized carbons (Fsp3) is 0.450. The van der Waals surface area contributed by atoms with Crippen molar-refractivity contribution in [2.75, 3.05) is 41.5 Å². The molecule has 0 unspecified atom stereocenters. The highest BCUT2D eigenvalue weighted by Crippen LogP contribution is 2.34. The van der Waals surface area contributed by atoms with E-state index >= 15 is 0 Å². The Labute approximate surface area is 188 Å². The van der Waals surface area contributed by atoms with Crippen molar-refractivity contribution < 1.29 is 14.2 Å². The van der Waals surface area contributed by atoms with Gasteiger partial charge in [-0.15, -0.1) is 24.0 Å². The zero-order chi connectivity index (χ0) is 19.6. The zero-order valence-corrected chi connectivity index (χ0v) is 20.3. The van der Waals surface area contributed by atoms with Gasteiger partial charge in [0.25, 0.3) is 0 Å². The van der Waals surface area contributed by atoms with Crippen LogP contribution in [-0.2, 0) is 13.0 Å². The van der Waals surface area contributed by atoms with Gasteiger partial charge in [0.05, 0.1) is 21.3 Å². The Morgan fingerprint density at radius 2 is 1.82 bits per heavy atom. The molecule has 0 aliphatic carbocycles. The van der Waals surface area contributed by atoms with Crippen LogP contribution in [0.3, 0.4) is 0 Å². The number of rotatable bonds is 9. The molecule has 0 saturated carbocycles. The Morgan fingerprint density at radius 3 is 2.32 bits per heavy atom. The largest absolute Gasteiger partial charge is 0.496 e. The zero-order valence-electron chi connectivity index (χ0n) is 17.2. The molecule has 1 aromatic heterocycles. The number of hydrogen-bond donors (Lipinski definition) is 1. The molecule has 28 heavy (non-hydrogen) atoms. The summed E-state index contributed by atoms with van der Waals surface area (Å²) in [7, 11) is 6.98. The molecule has 0 aliphatic rings. The van der Waals surface area contributed by atoms with Gasteiger partial charge in [0, 0.05) is 44.4 Å². The third-order valence-electron chi connectivity index (χ3n) is 4.14. The minimum Gasteiger partial charge on any atom is -0.496 e. The normalized spacial score (nSPS) is 10.8. The summed E-state index contributed by atoms with van der Waals surface area (Å²) in [6.07, 6.45) is 0.706. The van der Waals surface area contributed by atoms with Crippen LogP contribution in [0.25, 0.3) is 0 Å². The van der Waals surface area contributed by atoms with Crippen LogP contribution in [0.1, 0.15) is 18.1 Å². The number of methoxy groups -OCH3 is 3. The predicted octanol–water partition coefficient (Wildman–Crippen LogP) is 4.03. The van der Waals surface area contributed by atoms with Crippen molar-refractivity contribution in [1.29, 1.82) is 0 Å². The molecule has 0 atom stereocenters. The quantitative estimate of drug-likeness (QED) is 0.308. The van der Waals surface area contributed by atoms with Crippen molar-refractivity contribution in [3.05, 3.63) is 40.1 Å². The monoisotopic (exact) mass is 519 g/mol. The molecule has 8 heteroatoms. The topological polar surface area (TPSA) is 55.3 Å². The lowest BCUT2D eigenvalue weighted by atomic mass is 10.1. The molecule has 1 aromatic carbocycles. The second-order valence-electron chi connectivity index (χ2n) is 5.98. The highest BCUT2D eigenvalue weighted by atomic mass is 127. The molecule has 2 aromatic rings. The molecule has 0 fully saturated rings. The fourth-order valence-corrected chi connectivity index (χ4v) is 3.46. The standard InChI is InChI=1S/C20H29N3O3S.HI/c1-6-21-20(23(2)13-15-8-10-27-14-15)22-9-7-17-18(25-4)11-16(24-3)12-19(17)26-5;/h8,10-12,14H,6-7,9,13H2,1-5H3,(H,21,22);1H. The Bertz CT molecular complexity index is 713. The number of hydrogen-bond acceptors (Lipinski definition) is 5. The Kier molecular flexibility index (Phi) is 11.1. The van der Waals surface area contributed by atoms with Gasteiger partial charge in [-0.1, -0.05) is 0 Å². The van der Waals surface area contributed by atoms with E-state index in [0.717, 1.165) is 36.1 Å². The van der Waals surface area contributed by atoms with Gasteiger partial charge in [0.15, 0.2) is 5.96 Å². The van der Waals surface area contributed by atoms with Gasteiger partial charge in [-0.25, -0.2) is 0 Å². The van der Waals surface area contributed by atoms with Gasteiger partial charge >= 0.3 is 0 Å². The molecule has 0 saturated heterocycles. The molecule has 0 radical (unpaired) electrons. The first-order valence-electron chi connectivity index (χ1n) is 8.92. The maximum atomic E-state index is 5.52. The summed E-state index contributed by atoms with van der Waals surface area (Å²) in [5.41, 5.74) is 2.27. The molecule has 2 rings (SSSR count). The SMILES string of the molecule is CCNC(=NCCc1c(OC)cc(OC)cc1OC)N(C)Cc1ccsc1.I. The Balaban J connectivity index is 0.00000392. The number of aliphatic imine (C=N–C) groups is 1. The van der Waals surface area contributed by atoms with Gasteiger partial charge in [0.2, 0.25) is 0 Å². The van der Waals surface area contributed by atoms with Gasteiger partial charge in [-0.05, 0) is 35.7 Å². The van der Waals surface area contributed by atoms with Crippen molar-refractivity contribution in [3.63, 3.8) is 0 Å². The fourth-order valence-electron chi connectivity index (χ4n) is 2.80. The average Bonchev–Trinajstić information content (AvgIpc) is 3.19. The van der Waals surface area contributed by atoms with Crippen LogP contribution in [0.5, 0.6) is 17.2 Å². The third-order valence-corrected chi connectivity index (χ3v) is 4.87. The highest BCUT2D eigenvalue weighted by Gasteiger charge is 2.13. The summed E-state index contributed by atoms with van der Waals surface area (Å²) in [4.78, 5) is 6.91. The molecule has 0 amide bonds. The first-order chi connectivity index (χ1) is 13.1. The van der Waals surface area contributed by atoms with E-state index in [1.54, 1.807) is 32.7 Å². The van der Waals surface area contributed by atoms with E-state index in [1.165, 1.54) is 5.56 Å². The molecule has 1 heterocycles. The molecule has 156 valence electrons. The van der Waals surface area contributed by atoms with E-state index in [2.05, 4.69) is 34.0 Å². The van der Waals surface area contributed by atoms with Crippen LogP contribution in [-0.4, -0.2) is 52.3 Å². The molecule has 0 bridgehead atoms. The van der Waals surface area contributed by atoms with Crippen LogP contribution in [0.2, 0.25) is 0 Å². The number of halogens is 1. The number of guanidine groups is 1. The summed E-state index contributed by atoms with van der Waals surface area (Å²) in [6, 6.07) is 5.88. The van der Waals surface area contributed by atoms with E-state index in [1.807, 2.05) is 19.2 Å². The second kappa shape index (κ2) is 12.7. The molecular weight excluding hydrogens is 489 g/mol. The highest BCUT2D eigenvalue weighted by molar-refractivity contribution is 14.0. The van der Waals surface area contributed by atoms with Crippen LogP contribution in [0, 0.1) is 0 Å². The van der Waals surface area contributed by atoms with Crippen molar-refractivity contribution in [3.8, 4) is 17.2 Å². The molecular formula is C20H30IN3O3S. The van der Waals surface area contributed by atoms with Gasteiger partial charge in [-0.2, -0.15) is 11.3 Å². The molecule has 6 nitrogen and oxygen atoms in total. The van der Waals surface area contributed by atoms with Crippen molar-refractivity contribution in [2.45, 2.75) is 19.9 Å². The van der Waals surface area contributed by atoms with Crippen LogP contribution in [0.15, 0.2) is 34.0 Å². The summed E-state index contributed by atoms with van der Waals surface area (Å²) in [5, 5.41) is 7.61. The summed E-state index contributed by atoms with van der Waals surface area (Å²) >= 11 is 1.71. The Morgan fingerprint density at radius 1 is 1.14 bits per heavy atom. The number of nitrogens with one attached hydrogen (secondary N) is 1. The average molecular weight is 519 g/mol. The summed E-state index contributed by atoms with van der Waals surface area (Å²) in [6.45, 7) is 4.34. The summed E-state index contributed by atoms with van der Waals surface area (Å²) < 4.78 is 16.3. The minimum atomic E-state index is 0. The first kappa shape index (κ1) is 24.4. The van der Waals surface area contributed by atoms with E-state index in [0.29, 0.717) is 18.7 Å². The van der Waals surface area contributed by atoms with Crippen LogP contribution in [0.4, 0.5) is 0 Å². The smallest absolute Gasteiger partial charge is 0.193 e. The lowest BCUT2D eigenvalue weighted by Gasteiger charge is -2.22. The van der Waals surface area contributed by atoms with Gasteiger partial charge in [-0.3, -0.25) is 4.99 Å². The second-order valence-corrected chi connectivity index (χ2v) is 6.76. The van der Waals surface area contributed by atoms with Crippen LogP contribution >= 0.6 is 35.3 Å². The van der Waals surface area contributed by atoms with E-state index < -0.39 is 0 Å². The van der Waals surface area contributed by atoms with Crippen molar-refractivity contribution in [1.82, 2.24) is 10.2 Å². The van der Waals surface area contributed by atoms with E-state index in [9.17, 15) is 0 Å². The maximum absolute atomic E-state index is 5.52. The van der Waals surface area contributed by atoms with Gasteiger partial charge in [0.1, 0.15) is 17.2 Å². The maximum Gasteiger partial charge on any atom is 0.193 e. The molecule has 0 spiro atoms. The molecule has 0 aliphatic heterocycles. The number of nitrogens with zero attached hydrogens (tertiary/aromatic N) is 2. The molecule has 1 N–H and O–H groups in total. The van der Waals surface area contributed by atoms with Crippen LogP contribution < -0.4 is 19.5 Å². The lowest BCUT2D eigenvalue weighted by molar-refractivity contribution is 0.369. The number of benzene rings is 1. The first-order valence-corrected chi connectivity index (χ1v) is 9.86. The van der Waals surface area contributed by atoms with E-state index in [-0.39, 0.29) is 24.0 Å². The van der Waals surface area contributed by atoms with Gasteiger partial charge < -0.3 is 24.4 Å². The Hall–Kier alpha value is -1.68. The lowest BCUT2D eigenvalue weighted by Crippen LogP contribution is -2.38. The van der Waals surface area contributed by atoms with E-state index in [4.69, 9.17) is 19.2 Å². The summed E-state index contributed by atoms with van der Waals surface area (Å²) in [5.74, 6) is 3.09. The van der Waals surface area contributed by atoms with Crippen molar-refractivity contribution in [2.24, 2.45) is 4.99 Å².